The number of anilines is 1. The van der Waals surface area contributed by atoms with Crippen LogP contribution in [0.15, 0.2) is 36.7 Å². The fraction of sp³-hybridized carbons (Fsp3) is 0.318. The molecular formula is C22H23N7O2. The number of benzene rings is 1. The molecule has 1 saturated heterocycles. The Kier molecular flexibility index (Phi) is 6.02. The van der Waals surface area contributed by atoms with Gasteiger partial charge in [-0.3, -0.25) is 9.48 Å². The van der Waals surface area contributed by atoms with Crippen molar-refractivity contribution in [1.29, 1.82) is 5.26 Å². The number of nitrogens with zero attached hydrogens (tertiary/aromatic N) is 6. The molecule has 0 radical (unpaired) electrons. The number of carbonyl (C=O) groups excluding carboxylic acids is 1. The van der Waals surface area contributed by atoms with Crippen LogP contribution < -0.4 is 10.6 Å². The van der Waals surface area contributed by atoms with E-state index in [4.69, 9.17) is 10.5 Å². The Hall–Kier alpha value is -3.61. The molecule has 4 rings (SSSR count). The highest BCUT2D eigenvalue weighted by molar-refractivity contribution is 6.12. The van der Waals surface area contributed by atoms with Gasteiger partial charge in [0.2, 0.25) is 5.78 Å². The molecular weight excluding hydrogens is 394 g/mol. The summed E-state index contributed by atoms with van der Waals surface area (Å²) < 4.78 is 6.96. The number of ether oxygens (including phenoxy) is 1. The van der Waals surface area contributed by atoms with E-state index >= 15 is 0 Å². The van der Waals surface area contributed by atoms with Crippen LogP contribution in [0.2, 0.25) is 0 Å². The van der Waals surface area contributed by atoms with Crippen LogP contribution in [0, 0.1) is 11.3 Å². The van der Waals surface area contributed by atoms with Gasteiger partial charge in [-0.05, 0) is 36.7 Å². The number of ketones is 1. The first kappa shape index (κ1) is 20.7. The van der Waals surface area contributed by atoms with Crippen molar-refractivity contribution < 1.29 is 9.53 Å². The lowest BCUT2D eigenvalue weighted by molar-refractivity contribution is 0.103. The van der Waals surface area contributed by atoms with Gasteiger partial charge in [-0.25, -0.2) is 9.97 Å². The third-order valence-corrected chi connectivity index (χ3v) is 5.21. The molecule has 1 aromatic carbocycles. The van der Waals surface area contributed by atoms with E-state index in [1.165, 1.54) is 0 Å². The van der Waals surface area contributed by atoms with Crippen LogP contribution in [0.5, 0.6) is 0 Å². The van der Waals surface area contributed by atoms with Crippen molar-refractivity contribution in [2.75, 3.05) is 37.7 Å². The summed E-state index contributed by atoms with van der Waals surface area (Å²) >= 11 is 0. The summed E-state index contributed by atoms with van der Waals surface area (Å²) in [7, 11) is 1.74. The van der Waals surface area contributed by atoms with Crippen molar-refractivity contribution in [2.45, 2.75) is 6.42 Å². The molecule has 3 heterocycles. The largest absolute Gasteiger partial charge is 0.378 e. The molecule has 1 aliphatic rings. The van der Waals surface area contributed by atoms with Crippen molar-refractivity contribution in [2.24, 2.45) is 12.8 Å². The molecule has 1 aliphatic heterocycles. The molecule has 3 aromatic rings. The molecule has 9 nitrogen and oxygen atoms in total. The van der Waals surface area contributed by atoms with Gasteiger partial charge in [0.25, 0.3) is 0 Å². The molecule has 158 valence electrons. The van der Waals surface area contributed by atoms with E-state index in [1.54, 1.807) is 48.4 Å². The summed E-state index contributed by atoms with van der Waals surface area (Å²) in [6, 6.07) is 8.83. The fourth-order valence-electron chi connectivity index (χ4n) is 3.54. The van der Waals surface area contributed by atoms with Gasteiger partial charge in [-0.2, -0.15) is 10.4 Å². The minimum absolute atomic E-state index is 0.240. The molecule has 0 atom stereocenters. The first-order chi connectivity index (χ1) is 15.1. The maximum atomic E-state index is 13.5. The molecule has 31 heavy (non-hydrogen) atoms. The monoisotopic (exact) mass is 417 g/mol. The second-order valence-corrected chi connectivity index (χ2v) is 7.27. The van der Waals surface area contributed by atoms with Gasteiger partial charge < -0.3 is 15.4 Å². The zero-order valence-electron chi connectivity index (χ0n) is 17.3. The normalized spacial score (nSPS) is 13.8. The van der Waals surface area contributed by atoms with Crippen LogP contribution in [-0.2, 0) is 18.2 Å². The Bertz CT molecular complexity index is 1130. The molecule has 0 amide bonds. The van der Waals surface area contributed by atoms with Crippen LogP contribution in [0.1, 0.15) is 27.2 Å². The highest BCUT2D eigenvalue weighted by Crippen LogP contribution is 2.26. The predicted molar refractivity (Wildman–Crippen MR) is 115 cm³/mol. The number of aryl methyl sites for hydroxylation is 1. The topological polar surface area (TPSA) is 123 Å². The van der Waals surface area contributed by atoms with Crippen LogP contribution >= 0.6 is 0 Å². The van der Waals surface area contributed by atoms with Crippen LogP contribution in [-0.4, -0.2) is 58.4 Å². The fourth-order valence-corrected chi connectivity index (χ4v) is 3.54. The molecule has 2 N–H and O–H groups in total. The third kappa shape index (κ3) is 4.30. The van der Waals surface area contributed by atoms with Crippen molar-refractivity contribution in [3.8, 4) is 17.5 Å². The summed E-state index contributed by atoms with van der Waals surface area (Å²) in [6.45, 7) is 3.22. The lowest BCUT2D eigenvalue weighted by atomic mass is 9.98. The highest BCUT2D eigenvalue weighted by Gasteiger charge is 2.23. The number of nitriles is 1. The number of carbonyl (C=O) groups is 1. The van der Waals surface area contributed by atoms with Gasteiger partial charge in [0.15, 0.2) is 11.6 Å². The van der Waals surface area contributed by atoms with Crippen LogP contribution in [0.3, 0.4) is 0 Å². The minimum atomic E-state index is -0.240. The second-order valence-electron chi connectivity index (χ2n) is 7.27. The van der Waals surface area contributed by atoms with E-state index in [0.29, 0.717) is 54.4 Å². The smallest absolute Gasteiger partial charge is 0.211 e. The lowest BCUT2D eigenvalue weighted by Gasteiger charge is -2.26. The van der Waals surface area contributed by atoms with Crippen LogP contribution in [0.25, 0.3) is 11.4 Å². The van der Waals surface area contributed by atoms with Gasteiger partial charge in [0.05, 0.1) is 24.8 Å². The van der Waals surface area contributed by atoms with E-state index in [-0.39, 0.29) is 5.78 Å². The van der Waals surface area contributed by atoms with E-state index in [0.717, 1.165) is 24.5 Å². The molecule has 2 aromatic heterocycles. The van der Waals surface area contributed by atoms with Gasteiger partial charge in [-0.15, -0.1) is 0 Å². The molecule has 0 spiro atoms. The third-order valence-electron chi connectivity index (χ3n) is 5.21. The number of nitrogens with two attached hydrogens (primary N) is 1. The number of rotatable bonds is 6. The Labute approximate surface area is 180 Å². The zero-order valence-corrected chi connectivity index (χ0v) is 17.3. The van der Waals surface area contributed by atoms with Crippen molar-refractivity contribution in [3.05, 3.63) is 59.0 Å². The maximum absolute atomic E-state index is 13.5. The quantitative estimate of drug-likeness (QED) is 0.596. The van der Waals surface area contributed by atoms with E-state index in [9.17, 15) is 10.1 Å². The van der Waals surface area contributed by atoms with E-state index < -0.39 is 0 Å². The Morgan fingerprint density at radius 1 is 1.23 bits per heavy atom. The average Bonchev–Trinajstić information content (AvgIpc) is 3.21. The SMILES string of the molecule is Cn1nc(N2CCOCC2)cc1C(=O)c1cc(C#N)ccc1-c1ncc(CCN)cn1. The van der Waals surface area contributed by atoms with Gasteiger partial charge >= 0.3 is 0 Å². The molecule has 0 aliphatic carbocycles. The summed E-state index contributed by atoms with van der Waals surface area (Å²) in [5.74, 6) is 0.912. The minimum Gasteiger partial charge on any atom is -0.378 e. The summed E-state index contributed by atoms with van der Waals surface area (Å²) in [4.78, 5) is 24.4. The van der Waals surface area contributed by atoms with E-state index in [1.807, 2.05) is 0 Å². The summed E-state index contributed by atoms with van der Waals surface area (Å²) in [5.41, 5.74) is 8.27. The Morgan fingerprint density at radius 2 is 1.97 bits per heavy atom. The average molecular weight is 417 g/mol. The van der Waals surface area contributed by atoms with Crippen molar-refractivity contribution in [1.82, 2.24) is 19.7 Å². The molecule has 1 fully saturated rings. The maximum Gasteiger partial charge on any atom is 0.211 e. The number of hydrogen-bond donors (Lipinski definition) is 1. The highest BCUT2D eigenvalue weighted by atomic mass is 16.5. The molecule has 0 saturated carbocycles. The molecule has 0 bridgehead atoms. The summed E-state index contributed by atoms with van der Waals surface area (Å²) in [5, 5.41) is 13.9. The Balaban J connectivity index is 1.72. The predicted octanol–water partition coefficient (Wildman–Crippen LogP) is 1.32. The van der Waals surface area contributed by atoms with E-state index in [2.05, 4.69) is 26.0 Å². The van der Waals surface area contributed by atoms with Crippen molar-refractivity contribution in [3.63, 3.8) is 0 Å². The number of morpholine rings is 1. The van der Waals surface area contributed by atoms with Crippen LogP contribution in [0.4, 0.5) is 5.82 Å². The van der Waals surface area contributed by atoms with Gasteiger partial charge in [-0.1, -0.05) is 0 Å². The van der Waals surface area contributed by atoms with Gasteiger partial charge in [0, 0.05) is 49.7 Å². The number of hydrogen-bond acceptors (Lipinski definition) is 8. The zero-order chi connectivity index (χ0) is 21.8. The molecule has 9 heteroatoms. The Morgan fingerprint density at radius 3 is 2.65 bits per heavy atom. The van der Waals surface area contributed by atoms with Crippen molar-refractivity contribution >= 4 is 11.6 Å². The lowest BCUT2D eigenvalue weighted by Crippen LogP contribution is -2.36. The summed E-state index contributed by atoms with van der Waals surface area (Å²) in [6.07, 6.45) is 4.10. The number of aromatic nitrogens is 4. The standard InChI is InChI=1S/C22H23N7O2/c1-28-19(11-20(27-28)29-6-8-31-9-7-29)21(30)18-10-15(12-24)2-3-17(18)22-25-13-16(4-5-23)14-26-22/h2-3,10-11,13-14H,4-9,23H2,1H3. The second kappa shape index (κ2) is 9.04. The molecule has 0 unspecified atom stereocenters. The first-order valence-electron chi connectivity index (χ1n) is 10.1. The first-order valence-corrected chi connectivity index (χ1v) is 10.1. The van der Waals surface area contributed by atoms with Gasteiger partial charge in [0.1, 0.15) is 5.69 Å².